The molecule has 9 nitrogen and oxygen atoms in total. The van der Waals surface area contributed by atoms with E-state index in [1.807, 2.05) is 4.90 Å². The third-order valence-corrected chi connectivity index (χ3v) is 7.29. The number of carbonyl (C=O) groups excluding carboxylic acids is 1. The van der Waals surface area contributed by atoms with E-state index >= 15 is 0 Å². The van der Waals surface area contributed by atoms with Crippen LogP contribution in [0.3, 0.4) is 0 Å². The lowest BCUT2D eigenvalue weighted by molar-refractivity contribution is -0.117. The highest BCUT2D eigenvalue weighted by Crippen LogP contribution is 2.27. The lowest BCUT2D eigenvalue weighted by atomic mass is 9.94. The van der Waals surface area contributed by atoms with Crippen LogP contribution in [0.15, 0.2) is 36.5 Å². The third-order valence-electron chi connectivity index (χ3n) is 6.52. The molecule has 196 valence electrons. The van der Waals surface area contributed by atoms with E-state index in [0.29, 0.717) is 47.7 Å². The minimum atomic E-state index is -1.12. The summed E-state index contributed by atoms with van der Waals surface area (Å²) >= 11 is 1.15. The van der Waals surface area contributed by atoms with Gasteiger partial charge in [-0.3, -0.25) is 9.69 Å². The normalized spacial score (nSPS) is 22.2. The maximum Gasteiger partial charge on any atom is 0.226 e. The molecule has 3 aromatic rings. The Morgan fingerprint density at radius 3 is 2.68 bits per heavy atom. The number of nitrogens with one attached hydrogen (secondary N) is 2. The molecule has 1 amide bonds. The zero-order chi connectivity index (χ0) is 25.8. The van der Waals surface area contributed by atoms with Gasteiger partial charge in [-0.25, -0.2) is 13.2 Å². The van der Waals surface area contributed by atoms with E-state index in [0.717, 1.165) is 36.8 Å². The van der Waals surface area contributed by atoms with Gasteiger partial charge in [0, 0.05) is 38.3 Å². The predicted molar refractivity (Wildman–Crippen MR) is 134 cm³/mol. The Kier molecular flexibility index (Phi) is 7.79. The van der Waals surface area contributed by atoms with Gasteiger partial charge in [0.2, 0.25) is 16.2 Å². The second-order valence-electron chi connectivity index (χ2n) is 9.44. The Balaban J connectivity index is 1.10. The lowest BCUT2D eigenvalue weighted by Gasteiger charge is -2.32. The highest BCUT2D eigenvalue weighted by Gasteiger charge is 2.34. The second kappa shape index (κ2) is 11.4. The first-order valence-electron chi connectivity index (χ1n) is 12.2. The van der Waals surface area contributed by atoms with Crippen molar-refractivity contribution in [3.05, 3.63) is 53.7 Å². The number of halogens is 3. The maximum atomic E-state index is 14.6. The minimum Gasteiger partial charge on any atom is -0.352 e. The largest absolute Gasteiger partial charge is 0.352 e. The molecule has 37 heavy (non-hydrogen) atoms. The summed E-state index contributed by atoms with van der Waals surface area (Å²) < 4.78 is 41.6. The average molecular weight is 533 g/mol. The number of benzene rings is 1. The summed E-state index contributed by atoms with van der Waals surface area (Å²) in [7, 11) is 0. The molecule has 0 aliphatic carbocycles. The van der Waals surface area contributed by atoms with Crippen molar-refractivity contribution in [3.8, 4) is 0 Å². The van der Waals surface area contributed by atoms with Crippen LogP contribution < -0.4 is 15.5 Å². The van der Waals surface area contributed by atoms with E-state index in [9.17, 15) is 18.0 Å². The third kappa shape index (κ3) is 6.72. The second-order valence-corrected chi connectivity index (χ2v) is 10.4. The molecule has 2 aliphatic heterocycles. The number of rotatable bonds is 8. The highest BCUT2D eigenvalue weighted by molar-refractivity contribution is 7.19. The molecule has 4 heterocycles. The van der Waals surface area contributed by atoms with Gasteiger partial charge in [-0.2, -0.15) is 5.10 Å². The molecule has 3 atom stereocenters. The van der Waals surface area contributed by atoms with Gasteiger partial charge >= 0.3 is 0 Å². The van der Waals surface area contributed by atoms with Crippen molar-refractivity contribution >= 4 is 33.3 Å². The van der Waals surface area contributed by atoms with Crippen molar-refractivity contribution in [3.63, 3.8) is 0 Å². The van der Waals surface area contributed by atoms with E-state index in [-0.39, 0.29) is 18.4 Å². The van der Waals surface area contributed by atoms with Crippen molar-refractivity contribution in [1.29, 1.82) is 0 Å². The van der Waals surface area contributed by atoms with Gasteiger partial charge in [0.05, 0.1) is 12.6 Å². The van der Waals surface area contributed by atoms with Crippen LogP contribution in [0.5, 0.6) is 0 Å². The van der Waals surface area contributed by atoms with Crippen molar-refractivity contribution in [1.82, 2.24) is 25.3 Å². The van der Waals surface area contributed by atoms with Crippen molar-refractivity contribution < 1.29 is 18.0 Å². The van der Waals surface area contributed by atoms with Gasteiger partial charge in [0.15, 0.2) is 5.82 Å². The van der Waals surface area contributed by atoms with E-state index < -0.39 is 23.8 Å². The zero-order valence-electron chi connectivity index (χ0n) is 20.0. The maximum absolute atomic E-state index is 14.6. The number of alkyl halides is 1. The molecule has 13 heteroatoms. The molecule has 1 aromatic carbocycles. The molecule has 0 spiro atoms. The van der Waals surface area contributed by atoms with Gasteiger partial charge < -0.3 is 15.5 Å². The Hall–Kier alpha value is -3.32. The number of nitrogens with zero attached hydrogens (tertiary/aromatic N) is 6. The van der Waals surface area contributed by atoms with Gasteiger partial charge in [0.1, 0.15) is 17.8 Å². The molecule has 2 saturated heterocycles. The molecule has 0 radical (unpaired) electrons. The average Bonchev–Trinajstić information content (AvgIpc) is 3.45. The Morgan fingerprint density at radius 1 is 1.08 bits per heavy atom. The first-order valence-corrected chi connectivity index (χ1v) is 13.0. The molecule has 2 aliphatic rings. The fourth-order valence-corrected chi connectivity index (χ4v) is 5.62. The molecule has 2 aromatic heterocycles. The summed E-state index contributed by atoms with van der Waals surface area (Å²) in [4.78, 5) is 16.6. The van der Waals surface area contributed by atoms with Crippen LogP contribution in [0.25, 0.3) is 0 Å². The zero-order valence-corrected chi connectivity index (χ0v) is 20.8. The molecule has 0 saturated carbocycles. The number of amides is 1. The molecule has 2 fully saturated rings. The highest BCUT2D eigenvalue weighted by atomic mass is 32.1. The molecular formula is C24H27F3N8OS. The summed E-state index contributed by atoms with van der Waals surface area (Å²) in [5, 5.41) is 22.6. The molecule has 0 unspecified atom stereocenters. The molecule has 0 bridgehead atoms. The molecule has 2 N–H and O–H groups in total. The van der Waals surface area contributed by atoms with Gasteiger partial charge in [-0.05, 0) is 55.1 Å². The summed E-state index contributed by atoms with van der Waals surface area (Å²) in [6.07, 6.45) is 2.55. The summed E-state index contributed by atoms with van der Waals surface area (Å²) in [5.41, 5.74) is 0.578. The van der Waals surface area contributed by atoms with Crippen LogP contribution in [0, 0.1) is 17.6 Å². The minimum absolute atomic E-state index is 0.121. The van der Waals surface area contributed by atoms with Crippen LogP contribution in [0.4, 0.5) is 29.3 Å². The number of hydrogen-bond donors (Lipinski definition) is 2. The van der Waals surface area contributed by atoms with Crippen LogP contribution in [0.1, 0.15) is 24.8 Å². The van der Waals surface area contributed by atoms with Crippen LogP contribution in [-0.2, 0) is 11.3 Å². The smallest absolute Gasteiger partial charge is 0.226 e. The molecular weight excluding hydrogens is 505 g/mol. The SMILES string of the molecule is O=C(C[C@@H]1CCCN(Cc2cc(F)cc(F)c2)C1)Nc1nnc(N[C@H]2CN(c3cccnn3)C[C@@H]2F)s1. The number of anilines is 3. The number of hydrogen-bond acceptors (Lipinski definition) is 9. The van der Waals surface area contributed by atoms with Gasteiger partial charge in [0.25, 0.3) is 0 Å². The summed E-state index contributed by atoms with van der Waals surface area (Å²) in [5.74, 6) is -0.623. The predicted octanol–water partition coefficient (Wildman–Crippen LogP) is 3.49. The summed E-state index contributed by atoms with van der Waals surface area (Å²) in [6, 6.07) is 6.59. The fraction of sp³-hybridized carbons (Fsp3) is 0.458. The number of piperidine rings is 1. The molecule has 5 rings (SSSR count). The number of carbonyl (C=O) groups is 1. The van der Waals surface area contributed by atoms with E-state index in [2.05, 4.69) is 35.9 Å². The lowest BCUT2D eigenvalue weighted by Crippen LogP contribution is -2.36. The van der Waals surface area contributed by atoms with Crippen molar-refractivity contribution in [2.24, 2.45) is 5.92 Å². The van der Waals surface area contributed by atoms with Gasteiger partial charge in [-0.1, -0.05) is 11.3 Å². The van der Waals surface area contributed by atoms with E-state index in [4.69, 9.17) is 0 Å². The first kappa shape index (κ1) is 25.3. The van der Waals surface area contributed by atoms with Crippen molar-refractivity contribution in [2.45, 2.75) is 38.0 Å². The topological polar surface area (TPSA) is 99.2 Å². The Morgan fingerprint density at radius 2 is 1.89 bits per heavy atom. The Bertz CT molecular complexity index is 1200. The van der Waals surface area contributed by atoms with Gasteiger partial charge in [-0.15, -0.1) is 15.3 Å². The van der Waals surface area contributed by atoms with E-state index in [1.54, 1.807) is 18.3 Å². The standard InChI is InChI=1S/C24H27F3N8OS/c25-17-7-16(8-18(26)10-17)12-34-6-2-3-15(11-34)9-22(36)30-24-33-32-23(37-24)29-20-14-35(13-19(20)27)21-4-1-5-28-31-21/h1,4-5,7-8,10,15,19-20H,2-3,6,9,11-14H2,(H,29,32)(H,30,33,36)/t15-,19-,20-/m0/s1. The van der Waals surface area contributed by atoms with Crippen LogP contribution >= 0.6 is 11.3 Å². The van der Waals surface area contributed by atoms with Crippen LogP contribution in [-0.4, -0.2) is 69.6 Å². The first-order chi connectivity index (χ1) is 17.9. The monoisotopic (exact) mass is 532 g/mol. The van der Waals surface area contributed by atoms with Crippen LogP contribution in [0.2, 0.25) is 0 Å². The van der Waals surface area contributed by atoms with Crippen molar-refractivity contribution in [2.75, 3.05) is 41.7 Å². The Labute approximate surface area is 216 Å². The van der Waals surface area contributed by atoms with E-state index in [1.165, 1.54) is 12.1 Å². The summed E-state index contributed by atoms with van der Waals surface area (Å²) in [6.45, 7) is 2.51. The number of likely N-dealkylation sites (tertiary alicyclic amines) is 1. The fourth-order valence-electron chi connectivity index (χ4n) is 4.89. The quantitative estimate of drug-likeness (QED) is 0.455. The number of aromatic nitrogens is 4.